The first kappa shape index (κ1) is 20.5. The molecule has 1 aliphatic rings. The van der Waals surface area contributed by atoms with Gasteiger partial charge in [-0.2, -0.15) is 0 Å². The largest absolute Gasteiger partial charge is 0.469 e. The lowest BCUT2D eigenvalue weighted by molar-refractivity contribution is 0.0314. The molecule has 4 nitrogen and oxygen atoms in total. The van der Waals surface area contributed by atoms with Crippen LogP contribution in [0.25, 0.3) is 0 Å². The predicted octanol–water partition coefficient (Wildman–Crippen LogP) is 4.18. The van der Waals surface area contributed by atoms with Crippen LogP contribution in [0.4, 0.5) is 0 Å². The maximum Gasteiger partial charge on any atom is 0.257 e. The standard InChI is InChI=1S/C21H28N2O2.ClH/c1-16-14-23(21(24)20-12-18(3)25-15-20)17(2)13-22(16)11-7-10-19-8-5-4-6-9-19;/h4-6,8-9,12,15-17H,7,10-11,13-14H2,1-3H3;1H/t16-,17+;/m0./s1. The molecule has 0 saturated carbocycles. The quantitative estimate of drug-likeness (QED) is 0.785. The highest BCUT2D eigenvalue weighted by Gasteiger charge is 2.32. The highest BCUT2D eigenvalue weighted by molar-refractivity contribution is 5.94. The Morgan fingerprint density at radius 2 is 1.88 bits per heavy atom. The molecule has 3 rings (SSSR count). The van der Waals surface area contributed by atoms with E-state index in [4.69, 9.17) is 4.42 Å². The summed E-state index contributed by atoms with van der Waals surface area (Å²) in [4.78, 5) is 17.2. The number of furan rings is 1. The van der Waals surface area contributed by atoms with Gasteiger partial charge in [0.2, 0.25) is 0 Å². The SMILES string of the molecule is Cc1cc(C(=O)N2C[C@H](C)N(CCCc3ccccc3)C[C@H]2C)co1.Cl. The van der Waals surface area contributed by atoms with Crippen molar-refractivity contribution in [1.82, 2.24) is 9.80 Å². The molecule has 0 N–H and O–H groups in total. The lowest BCUT2D eigenvalue weighted by atomic mass is 10.1. The average Bonchev–Trinajstić information content (AvgIpc) is 3.04. The summed E-state index contributed by atoms with van der Waals surface area (Å²) < 4.78 is 5.30. The van der Waals surface area contributed by atoms with Gasteiger partial charge in [0, 0.05) is 25.2 Å². The fourth-order valence-electron chi connectivity index (χ4n) is 3.65. The number of carbonyl (C=O) groups excluding carboxylic acids is 1. The highest BCUT2D eigenvalue weighted by atomic mass is 35.5. The van der Waals surface area contributed by atoms with Crippen molar-refractivity contribution in [3.05, 3.63) is 59.5 Å². The molecular formula is C21H29ClN2O2. The number of amides is 1. The zero-order valence-electron chi connectivity index (χ0n) is 15.9. The maximum atomic E-state index is 12.7. The van der Waals surface area contributed by atoms with Gasteiger partial charge in [-0.15, -0.1) is 12.4 Å². The van der Waals surface area contributed by atoms with Crippen LogP contribution >= 0.6 is 12.4 Å². The maximum absolute atomic E-state index is 12.7. The number of aryl methyl sites for hydroxylation is 2. The van der Waals surface area contributed by atoms with Crippen molar-refractivity contribution in [2.45, 2.75) is 45.7 Å². The Labute approximate surface area is 162 Å². The summed E-state index contributed by atoms with van der Waals surface area (Å²) >= 11 is 0. The smallest absolute Gasteiger partial charge is 0.257 e. The average molecular weight is 377 g/mol. The molecule has 0 unspecified atom stereocenters. The zero-order valence-corrected chi connectivity index (χ0v) is 16.7. The summed E-state index contributed by atoms with van der Waals surface area (Å²) in [6.45, 7) is 9.01. The molecule has 0 bridgehead atoms. The van der Waals surface area contributed by atoms with Crippen molar-refractivity contribution in [2.24, 2.45) is 0 Å². The van der Waals surface area contributed by atoms with Crippen molar-refractivity contribution < 1.29 is 9.21 Å². The summed E-state index contributed by atoms with van der Waals surface area (Å²) in [6.07, 6.45) is 3.83. The van der Waals surface area contributed by atoms with Gasteiger partial charge < -0.3 is 9.32 Å². The van der Waals surface area contributed by atoms with Crippen LogP contribution in [0.3, 0.4) is 0 Å². The van der Waals surface area contributed by atoms with E-state index in [0.29, 0.717) is 11.6 Å². The molecule has 0 spiro atoms. The predicted molar refractivity (Wildman–Crippen MR) is 107 cm³/mol. The molecule has 0 aliphatic carbocycles. The van der Waals surface area contributed by atoms with Crippen LogP contribution in [-0.4, -0.2) is 47.4 Å². The first-order valence-electron chi connectivity index (χ1n) is 9.18. The molecule has 2 aromatic rings. The molecule has 1 aromatic heterocycles. The molecule has 26 heavy (non-hydrogen) atoms. The van der Waals surface area contributed by atoms with E-state index in [1.54, 1.807) is 6.26 Å². The number of benzene rings is 1. The molecule has 2 heterocycles. The number of nitrogens with zero attached hydrogens (tertiary/aromatic N) is 2. The summed E-state index contributed by atoms with van der Waals surface area (Å²) in [5.74, 6) is 0.865. The molecule has 1 fully saturated rings. The van der Waals surface area contributed by atoms with Crippen molar-refractivity contribution in [1.29, 1.82) is 0 Å². The molecule has 0 radical (unpaired) electrons. The molecule has 1 saturated heterocycles. The van der Waals surface area contributed by atoms with Crippen LogP contribution in [0.2, 0.25) is 0 Å². The van der Waals surface area contributed by atoms with Crippen LogP contribution in [0.1, 0.15) is 41.9 Å². The number of hydrogen-bond acceptors (Lipinski definition) is 3. The minimum absolute atomic E-state index is 0. The Morgan fingerprint density at radius 1 is 1.15 bits per heavy atom. The van der Waals surface area contributed by atoms with E-state index in [-0.39, 0.29) is 24.4 Å². The Morgan fingerprint density at radius 3 is 2.54 bits per heavy atom. The van der Waals surface area contributed by atoms with Gasteiger partial charge in [-0.1, -0.05) is 30.3 Å². The van der Waals surface area contributed by atoms with Crippen molar-refractivity contribution >= 4 is 18.3 Å². The fourth-order valence-corrected chi connectivity index (χ4v) is 3.65. The molecule has 142 valence electrons. The van der Waals surface area contributed by atoms with Crippen molar-refractivity contribution in [2.75, 3.05) is 19.6 Å². The number of hydrogen-bond donors (Lipinski definition) is 0. The van der Waals surface area contributed by atoms with Crippen LogP contribution < -0.4 is 0 Å². The van der Waals surface area contributed by atoms with E-state index >= 15 is 0 Å². The lowest BCUT2D eigenvalue weighted by Crippen LogP contribution is -2.58. The van der Waals surface area contributed by atoms with Gasteiger partial charge in [-0.05, 0) is 51.8 Å². The molecule has 1 aliphatic heterocycles. The first-order chi connectivity index (χ1) is 12.0. The second-order valence-corrected chi connectivity index (χ2v) is 7.19. The van der Waals surface area contributed by atoms with Crippen molar-refractivity contribution in [3.8, 4) is 0 Å². The minimum atomic E-state index is 0. The summed E-state index contributed by atoms with van der Waals surface area (Å²) in [7, 11) is 0. The Hall–Kier alpha value is -1.78. The van der Waals surface area contributed by atoms with Gasteiger partial charge in [0.15, 0.2) is 0 Å². The Kier molecular flexibility index (Phi) is 7.30. The molecule has 2 atom stereocenters. The molecule has 1 aromatic carbocycles. The minimum Gasteiger partial charge on any atom is -0.469 e. The number of carbonyl (C=O) groups is 1. The second kappa shape index (κ2) is 9.24. The molecular weight excluding hydrogens is 348 g/mol. The fraction of sp³-hybridized carbons (Fsp3) is 0.476. The normalized spacial score (nSPS) is 20.7. The third kappa shape index (κ3) is 4.89. The highest BCUT2D eigenvalue weighted by Crippen LogP contribution is 2.20. The van der Waals surface area contributed by atoms with Gasteiger partial charge in [-0.25, -0.2) is 0 Å². The van der Waals surface area contributed by atoms with Crippen LogP contribution in [-0.2, 0) is 6.42 Å². The van der Waals surface area contributed by atoms with Gasteiger partial charge in [-0.3, -0.25) is 9.69 Å². The Bertz CT molecular complexity index is 701. The van der Waals surface area contributed by atoms with Crippen LogP contribution in [0, 0.1) is 6.92 Å². The zero-order chi connectivity index (χ0) is 17.8. The monoisotopic (exact) mass is 376 g/mol. The van der Waals surface area contributed by atoms with E-state index in [0.717, 1.165) is 38.2 Å². The Balaban J connectivity index is 0.00000243. The third-order valence-electron chi connectivity index (χ3n) is 5.11. The van der Waals surface area contributed by atoms with E-state index < -0.39 is 0 Å². The van der Waals surface area contributed by atoms with Gasteiger partial charge in [0.05, 0.1) is 5.56 Å². The van der Waals surface area contributed by atoms with E-state index in [1.165, 1.54) is 5.56 Å². The number of piperazine rings is 1. The van der Waals surface area contributed by atoms with E-state index in [9.17, 15) is 4.79 Å². The van der Waals surface area contributed by atoms with Gasteiger partial charge >= 0.3 is 0 Å². The van der Waals surface area contributed by atoms with E-state index in [2.05, 4.69) is 49.1 Å². The van der Waals surface area contributed by atoms with Crippen molar-refractivity contribution in [3.63, 3.8) is 0 Å². The number of rotatable bonds is 5. The van der Waals surface area contributed by atoms with Gasteiger partial charge in [0.25, 0.3) is 5.91 Å². The summed E-state index contributed by atoms with van der Waals surface area (Å²) in [5, 5.41) is 0. The summed E-state index contributed by atoms with van der Waals surface area (Å²) in [6, 6.07) is 13.1. The van der Waals surface area contributed by atoms with Crippen LogP contribution in [0.5, 0.6) is 0 Å². The second-order valence-electron chi connectivity index (χ2n) is 7.19. The van der Waals surface area contributed by atoms with E-state index in [1.807, 2.05) is 17.9 Å². The molecule has 1 amide bonds. The topological polar surface area (TPSA) is 36.7 Å². The molecule has 5 heteroatoms. The lowest BCUT2D eigenvalue weighted by Gasteiger charge is -2.44. The van der Waals surface area contributed by atoms with Crippen LogP contribution in [0.15, 0.2) is 47.1 Å². The number of halogens is 1. The van der Waals surface area contributed by atoms with Gasteiger partial charge in [0.1, 0.15) is 12.0 Å². The summed E-state index contributed by atoms with van der Waals surface area (Å²) in [5.41, 5.74) is 2.06. The first-order valence-corrected chi connectivity index (χ1v) is 9.18. The third-order valence-corrected chi connectivity index (χ3v) is 5.11.